The highest BCUT2D eigenvalue weighted by molar-refractivity contribution is 7.91. The first-order valence-corrected chi connectivity index (χ1v) is 7.61. The van der Waals surface area contributed by atoms with E-state index in [-0.39, 0.29) is 23.3 Å². The van der Waals surface area contributed by atoms with Crippen LogP contribution in [-0.2, 0) is 16.4 Å². The normalized spacial score (nSPS) is 24.0. The molecule has 1 heterocycles. The van der Waals surface area contributed by atoms with Gasteiger partial charge in [0.15, 0.2) is 21.4 Å². The number of aromatic hydroxyl groups is 1. The Bertz CT molecular complexity index is 544. The van der Waals surface area contributed by atoms with Crippen LogP contribution in [0.3, 0.4) is 0 Å². The van der Waals surface area contributed by atoms with Crippen molar-refractivity contribution in [2.75, 3.05) is 18.1 Å². The Hall–Kier alpha value is -1.14. The molecule has 18 heavy (non-hydrogen) atoms. The SMILES string of the molecule is CC1CS(=O)(=O)CCN1Cc1ccc(O)c(F)c1. The maximum atomic E-state index is 13.2. The van der Waals surface area contributed by atoms with E-state index in [1.807, 2.05) is 11.8 Å². The second-order valence-electron chi connectivity index (χ2n) is 4.72. The van der Waals surface area contributed by atoms with E-state index in [2.05, 4.69) is 0 Å². The van der Waals surface area contributed by atoms with E-state index in [0.29, 0.717) is 13.1 Å². The number of phenolic OH excluding ortho intramolecular Hbond substituents is 1. The van der Waals surface area contributed by atoms with Gasteiger partial charge in [0.05, 0.1) is 11.5 Å². The van der Waals surface area contributed by atoms with Gasteiger partial charge in [0.1, 0.15) is 0 Å². The average molecular weight is 273 g/mol. The summed E-state index contributed by atoms with van der Waals surface area (Å²) in [6, 6.07) is 4.18. The van der Waals surface area contributed by atoms with Crippen molar-refractivity contribution in [2.45, 2.75) is 19.5 Å². The maximum absolute atomic E-state index is 13.2. The molecule has 1 aliphatic rings. The zero-order valence-corrected chi connectivity index (χ0v) is 11.0. The molecule has 1 atom stereocenters. The lowest BCUT2D eigenvalue weighted by Crippen LogP contribution is -2.46. The number of nitrogens with zero attached hydrogens (tertiary/aromatic N) is 1. The fourth-order valence-corrected chi connectivity index (χ4v) is 3.78. The largest absolute Gasteiger partial charge is 0.505 e. The lowest BCUT2D eigenvalue weighted by atomic mass is 10.1. The van der Waals surface area contributed by atoms with Crippen LogP contribution in [0.1, 0.15) is 12.5 Å². The third kappa shape index (κ3) is 3.00. The molecular formula is C12H16FNO3S. The Kier molecular flexibility index (Phi) is 3.59. The number of halogens is 1. The van der Waals surface area contributed by atoms with Crippen molar-refractivity contribution in [3.05, 3.63) is 29.6 Å². The van der Waals surface area contributed by atoms with Crippen molar-refractivity contribution < 1.29 is 17.9 Å². The summed E-state index contributed by atoms with van der Waals surface area (Å²) in [6.45, 7) is 2.81. The van der Waals surface area contributed by atoms with Crippen LogP contribution in [0.4, 0.5) is 4.39 Å². The minimum absolute atomic E-state index is 0.0689. The van der Waals surface area contributed by atoms with Crippen molar-refractivity contribution in [2.24, 2.45) is 0 Å². The van der Waals surface area contributed by atoms with Gasteiger partial charge in [0, 0.05) is 19.1 Å². The lowest BCUT2D eigenvalue weighted by Gasteiger charge is -2.33. The van der Waals surface area contributed by atoms with Gasteiger partial charge in [-0.2, -0.15) is 0 Å². The van der Waals surface area contributed by atoms with E-state index < -0.39 is 15.7 Å². The van der Waals surface area contributed by atoms with Gasteiger partial charge in [0.2, 0.25) is 0 Å². The molecule has 100 valence electrons. The van der Waals surface area contributed by atoms with Crippen molar-refractivity contribution >= 4 is 9.84 Å². The number of phenols is 1. The Morgan fingerprint density at radius 2 is 2.22 bits per heavy atom. The fraction of sp³-hybridized carbons (Fsp3) is 0.500. The van der Waals surface area contributed by atoms with Gasteiger partial charge in [-0.3, -0.25) is 4.90 Å². The van der Waals surface area contributed by atoms with Gasteiger partial charge in [-0.05, 0) is 24.6 Å². The highest BCUT2D eigenvalue weighted by Crippen LogP contribution is 2.19. The average Bonchev–Trinajstić information content (AvgIpc) is 2.27. The van der Waals surface area contributed by atoms with E-state index in [4.69, 9.17) is 5.11 Å². The zero-order chi connectivity index (χ0) is 13.3. The van der Waals surface area contributed by atoms with Crippen molar-refractivity contribution in [1.29, 1.82) is 0 Å². The van der Waals surface area contributed by atoms with E-state index in [1.165, 1.54) is 12.1 Å². The predicted molar refractivity (Wildman–Crippen MR) is 66.6 cm³/mol. The topological polar surface area (TPSA) is 57.6 Å². The minimum atomic E-state index is -2.93. The smallest absolute Gasteiger partial charge is 0.165 e. The molecule has 0 aliphatic carbocycles. The quantitative estimate of drug-likeness (QED) is 0.878. The van der Waals surface area contributed by atoms with Crippen molar-refractivity contribution in [1.82, 2.24) is 4.90 Å². The second-order valence-corrected chi connectivity index (χ2v) is 6.95. The lowest BCUT2D eigenvalue weighted by molar-refractivity contribution is 0.218. The molecule has 0 aromatic heterocycles. The molecule has 0 amide bonds. The summed E-state index contributed by atoms with van der Waals surface area (Å²) < 4.78 is 36.1. The molecular weight excluding hydrogens is 257 g/mol. The van der Waals surface area contributed by atoms with Crippen LogP contribution < -0.4 is 0 Å². The minimum Gasteiger partial charge on any atom is -0.505 e. The van der Waals surface area contributed by atoms with Gasteiger partial charge in [0.25, 0.3) is 0 Å². The molecule has 6 heteroatoms. The van der Waals surface area contributed by atoms with Crippen LogP contribution in [0.15, 0.2) is 18.2 Å². The maximum Gasteiger partial charge on any atom is 0.165 e. The third-order valence-corrected chi connectivity index (χ3v) is 5.00. The molecule has 0 saturated carbocycles. The number of rotatable bonds is 2. The van der Waals surface area contributed by atoms with Gasteiger partial charge in [-0.25, -0.2) is 12.8 Å². The molecule has 1 saturated heterocycles. The molecule has 0 radical (unpaired) electrons. The molecule has 1 unspecified atom stereocenters. The highest BCUT2D eigenvalue weighted by Gasteiger charge is 2.27. The first kappa shape index (κ1) is 13.3. The Morgan fingerprint density at radius 3 is 2.83 bits per heavy atom. The Labute approximate surface area is 106 Å². The zero-order valence-electron chi connectivity index (χ0n) is 10.1. The van der Waals surface area contributed by atoms with Crippen LogP contribution in [-0.4, -0.2) is 42.5 Å². The van der Waals surface area contributed by atoms with E-state index in [1.54, 1.807) is 6.07 Å². The monoisotopic (exact) mass is 273 g/mol. The molecule has 1 aromatic carbocycles. The fourth-order valence-electron chi connectivity index (χ4n) is 2.15. The summed E-state index contributed by atoms with van der Waals surface area (Å²) >= 11 is 0. The summed E-state index contributed by atoms with van der Waals surface area (Å²) in [5, 5.41) is 9.10. The first-order valence-electron chi connectivity index (χ1n) is 5.79. The molecule has 4 nitrogen and oxygen atoms in total. The van der Waals surface area contributed by atoms with E-state index in [9.17, 15) is 12.8 Å². The summed E-state index contributed by atoms with van der Waals surface area (Å²) in [4.78, 5) is 2.01. The highest BCUT2D eigenvalue weighted by atomic mass is 32.2. The summed E-state index contributed by atoms with van der Waals surface area (Å²) in [7, 11) is -2.93. The number of hydrogen-bond donors (Lipinski definition) is 1. The Morgan fingerprint density at radius 1 is 1.50 bits per heavy atom. The first-order chi connectivity index (χ1) is 8.37. The van der Waals surface area contributed by atoms with E-state index in [0.717, 1.165) is 5.56 Å². The molecule has 0 spiro atoms. The molecule has 1 aliphatic heterocycles. The van der Waals surface area contributed by atoms with Crippen LogP contribution >= 0.6 is 0 Å². The number of sulfone groups is 1. The van der Waals surface area contributed by atoms with Crippen LogP contribution in [0, 0.1) is 5.82 Å². The number of hydrogen-bond acceptors (Lipinski definition) is 4. The van der Waals surface area contributed by atoms with Gasteiger partial charge in [-0.1, -0.05) is 6.07 Å². The molecule has 1 fully saturated rings. The summed E-state index contributed by atoms with van der Waals surface area (Å²) in [5.74, 6) is -0.719. The van der Waals surface area contributed by atoms with E-state index >= 15 is 0 Å². The molecule has 2 rings (SSSR count). The second kappa shape index (κ2) is 4.85. The van der Waals surface area contributed by atoms with Gasteiger partial charge in [-0.15, -0.1) is 0 Å². The summed E-state index contributed by atoms with van der Waals surface area (Å²) in [5.41, 5.74) is 0.733. The number of benzene rings is 1. The summed E-state index contributed by atoms with van der Waals surface area (Å²) in [6.07, 6.45) is 0. The van der Waals surface area contributed by atoms with Gasteiger partial charge >= 0.3 is 0 Å². The van der Waals surface area contributed by atoms with Crippen LogP contribution in [0.5, 0.6) is 5.75 Å². The standard InChI is InChI=1S/C12H16FNO3S/c1-9-8-18(16,17)5-4-14(9)7-10-2-3-12(15)11(13)6-10/h2-3,6,9,15H,4-5,7-8H2,1H3. The molecule has 0 bridgehead atoms. The third-order valence-electron chi connectivity index (χ3n) is 3.21. The van der Waals surface area contributed by atoms with Crippen molar-refractivity contribution in [3.8, 4) is 5.75 Å². The van der Waals surface area contributed by atoms with Crippen LogP contribution in [0.25, 0.3) is 0 Å². The Balaban J connectivity index is 2.08. The van der Waals surface area contributed by atoms with Crippen LogP contribution in [0.2, 0.25) is 0 Å². The van der Waals surface area contributed by atoms with Gasteiger partial charge < -0.3 is 5.11 Å². The predicted octanol–water partition coefficient (Wildman–Crippen LogP) is 1.15. The molecule has 1 aromatic rings. The molecule has 1 N–H and O–H groups in total. The van der Waals surface area contributed by atoms with Crippen molar-refractivity contribution in [3.63, 3.8) is 0 Å².